The first kappa shape index (κ1) is 11.0. The highest BCUT2D eigenvalue weighted by molar-refractivity contribution is 7.98. The second-order valence-corrected chi connectivity index (χ2v) is 4.67. The molecule has 13 heavy (non-hydrogen) atoms. The summed E-state index contributed by atoms with van der Waals surface area (Å²) in [6.45, 7) is 0. The van der Waals surface area contributed by atoms with Crippen molar-refractivity contribution in [1.29, 1.82) is 0 Å². The first-order valence-corrected chi connectivity index (χ1v) is 6.35. The van der Waals surface area contributed by atoms with Crippen molar-refractivity contribution in [3.05, 3.63) is 16.6 Å². The van der Waals surface area contributed by atoms with Gasteiger partial charge in [-0.25, -0.2) is 4.98 Å². The van der Waals surface area contributed by atoms with Crippen LogP contribution < -0.4 is 5.73 Å². The molecule has 0 aromatic carbocycles. The molecular formula is C8H14N2OS2. The van der Waals surface area contributed by atoms with E-state index in [4.69, 9.17) is 5.73 Å². The molecule has 0 amide bonds. The van der Waals surface area contributed by atoms with E-state index in [1.54, 1.807) is 18.0 Å². The summed E-state index contributed by atoms with van der Waals surface area (Å²) in [5.74, 6) is 0.976. The number of hydrogen-bond donors (Lipinski definition) is 2. The normalized spacial score (nSPS) is 15.6. The predicted octanol–water partition coefficient (Wildman–Crippen LogP) is 1.26. The van der Waals surface area contributed by atoms with Crippen LogP contribution in [0.15, 0.2) is 11.6 Å². The maximum atomic E-state index is 9.72. The van der Waals surface area contributed by atoms with Gasteiger partial charge in [-0.3, -0.25) is 0 Å². The van der Waals surface area contributed by atoms with Gasteiger partial charge in [-0.1, -0.05) is 0 Å². The third-order valence-corrected chi connectivity index (χ3v) is 3.26. The van der Waals surface area contributed by atoms with Crippen molar-refractivity contribution < 1.29 is 5.11 Å². The van der Waals surface area contributed by atoms with Crippen LogP contribution in [0.1, 0.15) is 17.5 Å². The maximum absolute atomic E-state index is 9.72. The Labute approximate surface area is 86.4 Å². The second kappa shape index (κ2) is 5.59. The molecule has 74 valence electrons. The van der Waals surface area contributed by atoms with Gasteiger partial charge in [0.2, 0.25) is 0 Å². The largest absolute Gasteiger partial charge is 0.384 e. The Balaban J connectivity index is 2.43. The third kappa shape index (κ3) is 3.27. The lowest BCUT2D eigenvalue weighted by Gasteiger charge is -2.15. The summed E-state index contributed by atoms with van der Waals surface area (Å²) in [6.07, 6.45) is 3.93. The summed E-state index contributed by atoms with van der Waals surface area (Å²) in [5.41, 5.74) is 5.80. The fourth-order valence-corrected chi connectivity index (χ4v) is 2.18. The topological polar surface area (TPSA) is 59.1 Å². The number of aliphatic hydroxyl groups is 1. The lowest BCUT2D eigenvalue weighted by molar-refractivity contribution is 0.144. The van der Waals surface area contributed by atoms with Gasteiger partial charge in [-0.15, -0.1) is 11.3 Å². The lowest BCUT2D eigenvalue weighted by Crippen LogP contribution is -2.28. The van der Waals surface area contributed by atoms with Gasteiger partial charge in [0.25, 0.3) is 0 Å². The van der Waals surface area contributed by atoms with Crippen LogP contribution in [0, 0.1) is 0 Å². The molecule has 0 fully saturated rings. The number of thioether (sulfide) groups is 1. The Hall–Kier alpha value is -0.100. The lowest BCUT2D eigenvalue weighted by atomic mass is 10.1. The minimum absolute atomic E-state index is 0.196. The van der Waals surface area contributed by atoms with Crippen molar-refractivity contribution in [2.24, 2.45) is 5.73 Å². The molecule has 1 heterocycles. The molecule has 0 aliphatic carbocycles. The summed E-state index contributed by atoms with van der Waals surface area (Å²) < 4.78 is 0. The highest BCUT2D eigenvalue weighted by Crippen LogP contribution is 2.20. The zero-order valence-electron chi connectivity index (χ0n) is 7.51. The van der Waals surface area contributed by atoms with E-state index in [1.807, 2.05) is 11.6 Å². The van der Waals surface area contributed by atoms with Gasteiger partial charge in [0, 0.05) is 17.6 Å². The number of nitrogens with two attached hydrogens (primary N) is 1. The fraction of sp³-hybridized carbons (Fsp3) is 0.625. The SMILES string of the molecule is CSCC[C@H](N)[C@@H](O)c1nccs1. The molecule has 0 spiro atoms. The van der Waals surface area contributed by atoms with Crippen molar-refractivity contribution in [3.8, 4) is 0 Å². The van der Waals surface area contributed by atoms with Crippen LogP contribution in [0.4, 0.5) is 0 Å². The Morgan fingerprint density at radius 3 is 3.08 bits per heavy atom. The number of hydrogen-bond acceptors (Lipinski definition) is 5. The van der Waals surface area contributed by atoms with E-state index in [-0.39, 0.29) is 6.04 Å². The van der Waals surface area contributed by atoms with Crippen LogP contribution in [0.2, 0.25) is 0 Å². The van der Waals surface area contributed by atoms with E-state index in [0.29, 0.717) is 5.01 Å². The van der Waals surface area contributed by atoms with Gasteiger partial charge in [-0.2, -0.15) is 11.8 Å². The van der Waals surface area contributed by atoms with E-state index < -0.39 is 6.10 Å². The van der Waals surface area contributed by atoms with Gasteiger partial charge in [0.15, 0.2) is 0 Å². The molecule has 3 nitrogen and oxygen atoms in total. The van der Waals surface area contributed by atoms with E-state index in [9.17, 15) is 5.11 Å². The Kier molecular flexibility index (Phi) is 4.72. The summed E-state index contributed by atoms with van der Waals surface area (Å²) >= 11 is 3.18. The number of aromatic nitrogens is 1. The highest BCUT2D eigenvalue weighted by Gasteiger charge is 2.18. The molecule has 2 atom stereocenters. The molecule has 1 aromatic heterocycles. The van der Waals surface area contributed by atoms with Crippen molar-refractivity contribution in [2.45, 2.75) is 18.6 Å². The van der Waals surface area contributed by atoms with Crippen LogP contribution in [-0.2, 0) is 0 Å². The van der Waals surface area contributed by atoms with Crippen molar-refractivity contribution in [3.63, 3.8) is 0 Å². The predicted molar refractivity (Wildman–Crippen MR) is 58.0 cm³/mol. The molecular weight excluding hydrogens is 204 g/mol. The maximum Gasteiger partial charge on any atom is 0.123 e. The van der Waals surface area contributed by atoms with Crippen LogP contribution in [0.5, 0.6) is 0 Å². The molecule has 0 saturated carbocycles. The van der Waals surface area contributed by atoms with E-state index in [1.165, 1.54) is 11.3 Å². The number of nitrogens with zero attached hydrogens (tertiary/aromatic N) is 1. The molecule has 5 heteroatoms. The molecule has 0 bridgehead atoms. The van der Waals surface area contributed by atoms with Gasteiger partial charge in [0.1, 0.15) is 11.1 Å². The molecule has 0 aliphatic heterocycles. The van der Waals surface area contributed by atoms with Gasteiger partial charge in [-0.05, 0) is 18.4 Å². The quantitative estimate of drug-likeness (QED) is 0.781. The molecule has 0 radical (unpaired) electrons. The van der Waals surface area contributed by atoms with Crippen LogP contribution in [0.25, 0.3) is 0 Å². The van der Waals surface area contributed by atoms with Crippen LogP contribution in [-0.4, -0.2) is 28.1 Å². The minimum Gasteiger partial charge on any atom is -0.384 e. The summed E-state index contributed by atoms with van der Waals surface area (Å²) in [7, 11) is 0. The number of rotatable bonds is 5. The number of aliphatic hydroxyl groups excluding tert-OH is 1. The monoisotopic (exact) mass is 218 g/mol. The summed E-state index contributed by atoms with van der Waals surface area (Å²) in [5, 5.41) is 12.3. The standard InChI is InChI=1S/C8H14N2OS2/c1-12-4-2-6(9)7(11)8-10-3-5-13-8/h3,5-7,11H,2,4,9H2,1H3/t6-,7+/m0/s1. The van der Waals surface area contributed by atoms with Crippen molar-refractivity contribution in [2.75, 3.05) is 12.0 Å². The molecule has 0 saturated heterocycles. The molecule has 3 N–H and O–H groups in total. The average Bonchev–Trinajstić information content (AvgIpc) is 2.65. The van der Waals surface area contributed by atoms with E-state index in [2.05, 4.69) is 4.98 Å². The highest BCUT2D eigenvalue weighted by atomic mass is 32.2. The molecule has 0 unspecified atom stereocenters. The molecule has 1 rings (SSSR count). The Morgan fingerprint density at radius 2 is 2.54 bits per heavy atom. The smallest absolute Gasteiger partial charge is 0.123 e. The molecule has 0 aliphatic rings. The average molecular weight is 218 g/mol. The Bertz CT molecular complexity index is 228. The Morgan fingerprint density at radius 1 is 1.77 bits per heavy atom. The van der Waals surface area contributed by atoms with Crippen LogP contribution >= 0.6 is 23.1 Å². The van der Waals surface area contributed by atoms with Gasteiger partial charge >= 0.3 is 0 Å². The van der Waals surface area contributed by atoms with E-state index in [0.717, 1.165) is 12.2 Å². The van der Waals surface area contributed by atoms with Crippen molar-refractivity contribution in [1.82, 2.24) is 4.98 Å². The van der Waals surface area contributed by atoms with Crippen molar-refractivity contribution >= 4 is 23.1 Å². The fourth-order valence-electron chi connectivity index (χ4n) is 0.975. The van der Waals surface area contributed by atoms with Crippen LogP contribution in [0.3, 0.4) is 0 Å². The number of thiazole rings is 1. The summed E-state index contributed by atoms with van der Waals surface area (Å²) in [6, 6.07) is -0.196. The minimum atomic E-state index is -0.604. The first-order valence-electron chi connectivity index (χ1n) is 4.07. The zero-order chi connectivity index (χ0) is 9.68. The first-order chi connectivity index (χ1) is 6.25. The van der Waals surface area contributed by atoms with Gasteiger partial charge < -0.3 is 10.8 Å². The third-order valence-electron chi connectivity index (χ3n) is 1.77. The van der Waals surface area contributed by atoms with Gasteiger partial charge in [0.05, 0.1) is 0 Å². The van der Waals surface area contributed by atoms with E-state index >= 15 is 0 Å². The zero-order valence-corrected chi connectivity index (χ0v) is 9.14. The summed E-state index contributed by atoms with van der Waals surface area (Å²) in [4.78, 5) is 4.03. The second-order valence-electron chi connectivity index (χ2n) is 2.76. The molecule has 1 aromatic rings.